The SMILES string of the molecule is CCCc1cc(=O)[nH]c(SCc2ccc(Br)cc2N)n1. The first-order valence-corrected chi connectivity index (χ1v) is 8.13. The summed E-state index contributed by atoms with van der Waals surface area (Å²) in [6.07, 6.45) is 1.79. The molecular weight excluding hydrogens is 338 g/mol. The summed E-state index contributed by atoms with van der Waals surface area (Å²) in [5, 5.41) is 0.642. The Labute approximate surface area is 130 Å². The third kappa shape index (κ3) is 4.11. The molecule has 0 bridgehead atoms. The first kappa shape index (κ1) is 15.1. The molecule has 0 amide bonds. The molecule has 2 aromatic rings. The van der Waals surface area contributed by atoms with Gasteiger partial charge in [-0.1, -0.05) is 47.1 Å². The minimum atomic E-state index is -0.102. The van der Waals surface area contributed by atoms with Gasteiger partial charge in [0.1, 0.15) is 0 Å². The Hall–Kier alpha value is -1.27. The summed E-state index contributed by atoms with van der Waals surface area (Å²) in [6.45, 7) is 2.07. The van der Waals surface area contributed by atoms with Crippen LogP contribution >= 0.6 is 27.7 Å². The van der Waals surface area contributed by atoms with Crippen LogP contribution in [0.1, 0.15) is 24.6 Å². The lowest BCUT2D eigenvalue weighted by Crippen LogP contribution is -2.10. The van der Waals surface area contributed by atoms with Gasteiger partial charge in [-0.05, 0) is 24.1 Å². The van der Waals surface area contributed by atoms with Crippen LogP contribution in [0.3, 0.4) is 0 Å². The Morgan fingerprint density at radius 3 is 2.90 bits per heavy atom. The molecular formula is C14H16BrN3OS. The number of aryl methyl sites for hydroxylation is 1. The highest BCUT2D eigenvalue weighted by Crippen LogP contribution is 2.25. The van der Waals surface area contributed by atoms with E-state index in [1.807, 2.05) is 18.2 Å². The number of halogens is 1. The third-order valence-electron chi connectivity index (χ3n) is 2.75. The number of nitrogens with zero attached hydrogens (tertiary/aromatic N) is 1. The van der Waals surface area contributed by atoms with Crippen molar-refractivity contribution in [2.75, 3.05) is 5.73 Å². The maximum Gasteiger partial charge on any atom is 0.251 e. The van der Waals surface area contributed by atoms with Crippen LogP contribution in [0.4, 0.5) is 5.69 Å². The van der Waals surface area contributed by atoms with Gasteiger partial charge in [0.05, 0.1) is 0 Å². The van der Waals surface area contributed by atoms with Crippen LogP contribution in [0.5, 0.6) is 0 Å². The van der Waals surface area contributed by atoms with E-state index in [0.29, 0.717) is 10.9 Å². The zero-order valence-corrected chi connectivity index (χ0v) is 13.6. The quantitative estimate of drug-likeness (QED) is 0.491. The van der Waals surface area contributed by atoms with E-state index in [4.69, 9.17) is 5.73 Å². The van der Waals surface area contributed by atoms with Crippen molar-refractivity contribution in [3.8, 4) is 0 Å². The number of anilines is 1. The molecule has 3 N–H and O–H groups in total. The molecule has 0 aliphatic carbocycles. The molecule has 0 aliphatic rings. The van der Waals surface area contributed by atoms with Gasteiger partial charge in [-0.2, -0.15) is 0 Å². The van der Waals surface area contributed by atoms with E-state index in [9.17, 15) is 4.79 Å². The summed E-state index contributed by atoms with van der Waals surface area (Å²) in [5.41, 5.74) is 8.46. The van der Waals surface area contributed by atoms with Crippen molar-refractivity contribution >= 4 is 33.4 Å². The number of benzene rings is 1. The van der Waals surface area contributed by atoms with E-state index >= 15 is 0 Å². The summed E-state index contributed by atoms with van der Waals surface area (Å²) in [7, 11) is 0. The highest BCUT2D eigenvalue weighted by Gasteiger charge is 2.05. The fourth-order valence-corrected chi connectivity index (χ4v) is 3.07. The van der Waals surface area contributed by atoms with Gasteiger partial charge in [0.2, 0.25) is 0 Å². The molecule has 0 unspecified atom stereocenters. The van der Waals surface area contributed by atoms with Gasteiger partial charge in [0.25, 0.3) is 5.56 Å². The van der Waals surface area contributed by atoms with E-state index in [1.165, 1.54) is 11.8 Å². The monoisotopic (exact) mass is 353 g/mol. The molecule has 20 heavy (non-hydrogen) atoms. The van der Waals surface area contributed by atoms with Crippen LogP contribution in [-0.4, -0.2) is 9.97 Å². The molecule has 1 aromatic heterocycles. The van der Waals surface area contributed by atoms with Crippen molar-refractivity contribution in [3.05, 3.63) is 50.3 Å². The van der Waals surface area contributed by atoms with Crippen molar-refractivity contribution < 1.29 is 0 Å². The lowest BCUT2D eigenvalue weighted by atomic mass is 10.2. The van der Waals surface area contributed by atoms with E-state index in [0.717, 1.165) is 34.3 Å². The normalized spacial score (nSPS) is 10.7. The van der Waals surface area contributed by atoms with Gasteiger partial charge in [-0.3, -0.25) is 4.79 Å². The highest BCUT2D eigenvalue weighted by molar-refractivity contribution is 9.10. The Morgan fingerprint density at radius 2 is 2.20 bits per heavy atom. The second-order valence-electron chi connectivity index (χ2n) is 4.42. The van der Waals surface area contributed by atoms with Crippen molar-refractivity contribution in [2.45, 2.75) is 30.7 Å². The Bertz CT molecular complexity index is 657. The number of rotatable bonds is 5. The number of thioether (sulfide) groups is 1. The van der Waals surface area contributed by atoms with Gasteiger partial charge >= 0.3 is 0 Å². The van der Waals surface area contributed by atoms with E-state index < -0.39 is 0 Å². The predicted molar refractivity (Wildman–Crippen MR) is 87.0 cm³/mol. The van der Waals surface area contributed by atoms with E-state index in [-0.39, 0.29) is 5.56 Å². The van der Waals surface area contributed by atoms with Gasteiger partial charge in [0, 0.05) is 27.7 Å². The van der Waals surface area contributed by atoms with Crippen LogP contribution in [0, 0.1) is 0 Å². The average Bonchev–Trinajstić information content (AvgIpc) is 2.37. The molecule has 1 aromatic carbocycles. The Morgan fingerprint density at radius 1 is 1.40 bits per heavy atom. The molecule has 0 saturated heterocycles. The van der Waals surface area contributed by atoms with Crippen molar-refractivity contribution in [1.29, 1.82) is 0 Å². The number of hydrogen-bond acceptors (Lipinski definition) is 4. The highest BCUT2D eigenvalue weighted by atomic mass is 79.9. The minimum Gasteiger partial charge on any atom is -0.398 e. The zero-order chi connectivity index (χ0) is 14.5. The predicted octanol–water partition coefficient (Wildman–Crippen LogP) is 3.36. The molecule has 106 valence electrons. The molecule has 2 rings (SSSR count). The van der Waals surface area contributed by atoms with Crippen molar-refractivity contribution in [1.82, 2.24) is 9.97 Å². The van der Waals surface area contributed by atoms with Gasteiger partial charge < -0.3 is 10.7 Å². The minimum absolute atomic E-state index is 0.102. The molecule has 0 atom stereocenters. The molecule has 0 fully saturated rings. The zero-order valence-electron chi connectivity index (χ0n) is 11.1. The molecule has 6 heteroatoms. The van der Waals surface area contributed by atoms with Gasteiger partial charge in [-0.25, -0.2) is 4.98 Å². The largest absolute Gasteiger partial charge is 0.398 e. The fraction of sp³-hybridized carbons (Fsp3) is 0.286. The van der Waals surface area contributed by atoms with Gasteiger partial charge in [-0.15, -0.1) is 0 Å². The summed E-state index contributed by atoms with van der Waals surface area (Å²) < 4.78 is 0.959. The van der Waals surface area contributed by atoms with Crippen LogP contribution in [0.2, 0.25) is 0 Å². The summed E-state index contributed by atoms with van der Waals surface area (Å²) in [6, 6.07) is 7.36. The number of nitrogens with one attached hydrogen (secondary N) is 1. The van der Waals surface area contributed by atoms with Crippen molar-refractivity contribution in [2.24, 2.45) is 0 Å². The van der Waals surface area contributed by atoms with Crippen LogP contribution in [-0.2, 0) is 12.2 Å². The topological polar surface area (TPSA) is 71.8 Å². The standard InChI is InChI=1S/C14H16BrN3OS/c1-2-3-11-7-13(19)18-14(17-11)20-8-9-4-5-10(15)6-12(9)16/h4-7H,2-3,8,16H2,1H3,(H,17,18,19). The van der Waals surface area contributed by atoms with E-state index in [2.05, 4.69) is 32.8 Å². The van der Waals surface area contributed by atoms with Crippen LogP contribution in [0.15, 0.2) is 38.7 Å². The Balaban J connectivity index is 2.12. The lowest BCUT2D eigenvalue weighted by Gasteiger charge is -2.06. The first-order chi connectivity index (χ1) is 9.58. The smallest absolute Gasteiger partial charge is 0.251 e. The Kier molecular flexibility index (Phi) is 5.25. The number of aromatic amines is 1. The molecule has 0 aliphatic heterocycles. The number of nitrogen functional groups attached to an aromatic ring is 1. The number of H-pyrrole nitrogens is 1. The lowest BCUT2D eigenvalue weighted by molar-refractivity contribution is 0.816. The summed E-state index contributed by atoms with van der Waals surface area (Å²) in [5.74, 6) is 0.678. The molecule has 0 spiro atoms. The summed E-state index contributed by atoms with van der Waals surface area (Å²) in [4.78, 5) is 18.8. The molecule has 0 radical (unpaired) electrons. The third-order valence-corrected chi connectivity index (χ3v) is 4.17. The van der Waals surface area contributed by atoms with Gasteiger partial charge in [0.15, 0.2) is 5.16 Å². The molecule has 1 heterocycles. The second-order valence-corrected chi connectivity index (χ2v) is 6.30. The average molecular weight is 354 g/mol. The van der Waals surface area contributed by atoms with Crippen LogP contribution < -0.4 is 11.3 Å². The fourth-order valence-electron chi connectivity index (χ4n) is 1.78. The first-order valence-electron chi connectivity index (χ1n) is 6.35. The van der Waals surface area contributed by atoms with Crippen LogP contribution in [0.25, 0.3) is 0 Å². The molecule has 0 saturated carbocycles. The number of hydrogen-bond donors (Lipinski definition) is 2. The van der Waals surface area contributed by atoms with Crippen molar-refractivity contribution in [3.63, 3.8) is 0 Å². The maximum absolute atomic E-state index is 11.6. The summed E-state index contributed by atoms with van der Waals surface area (Å²) >= 11 is 4.87. The maximum atomic E-state index is 11.6. The van der Waals surface area contributed by atoms with E-state index in [1.54, 1.807) is 6.07 Å². The second kappa shape index (κ2) is 6.95. The number of nitrogens with two attached hydrogens (primary N) is 1. The number of aromatic nitrogens is 2. The molecule has 4 nitrogen and oxygen atoms in total.